The van der Waals surface area contributed by atoms with Gasteiger partial charge in [0, 0.05) is 114 Å². The third-order valence-electron chi connectivity index (χ3n) is 20.2. The number of rotatable bonds is 52. The molecule has 4 rings (SSSR count). The summed E-state index contributed by atoms with van der Waals surface area (Å²) in [4.78, 5) is 211. The summed E-state index contributed by atoms with van der Waals surface area (Å²) in [6, 6.07) is 15.0. The standard InChI is InChI=1S/C100H157IN12O26/c1-94(2,3)133-84(119)46-41-74(90(126)137-98(13,14)15)109-93(129)108-73(89(125)136-97(10,11)12)31-25-26-47-104-87(122)75(62-69-28-23-22-24-29-69)106-83(118)67-132-72-39-35-70(36-40-72)63-76(88(123)124)107-82(117)64-105-81(116)45-43-78(92(128)139-100(19,20)21)113-56-52-110(65-85(120)134-95(4,5)6)50-54-112(55-51-111(53-57-113)66-86(121)135-96(7,8)9)77(91(127)138-99(16,17)18)42-44-80(115)103-49-59-131-61-60-130-58-48-102-79(114)32-27-30-68-33-37-71(101)38-34-68/h22-24,28-29,33-40,73-78H,25-27,30-32,41-67H2,1-21H3,(H,102,114)(H,103,115)(H,104,122)(H,105,116)(H,106,118)(H,107,117)(H,123,124)(H2,108,109,129)/t73-,74-,75-,76-,77?,78?/m0/s1. The van der Waals surface area contributed by atoms with E-state index in [9.17, 15) is 77.0 Å². The Morgan fingerprint density at radius 1 is 0.360 bits per heavy atom. The number of carboxylic acid groups (broad SMARTS) is 1. The zero-order valence-electron chi connectivity index (χ0n) is 85.6. The first-order valence-corrected chi connectivity index (χ1v) is 48.9. The molecule has 8 amide bonds. The molecule has 0 saturated carbocycles. The molecule has 0 bridgehead atoms. The predicted molar refractivity (Wildman–Crippen MR) is 528 cm³/mol. The fourth-order valence-corrected chi connectivity index (χ4v) is 14.4. The van der Waals surface area contributed by atoms with E-state index < -0.39 is 166 Å². The minimum absolute atomic E-state index is 0.00945. The Morgan fingerprint density at radius 2 is 0.763 bits per heavy atom. The first kappa shape index (κ1) is 121. The molecule has 3 aromatic rings. The third-order valence-corrected chi connectivity index (χ3v) is 20.9. The summed E-state index contributed by atoms with van der Waals surface area (Å²) in [5.41, 5.74) is -4.08. The van der Waals surface area contributed by atoms with Crippen molar-refractivity contribution in [3.8, 4) is 5.75 Å². The molecule has 139 heavy (non-hydrogen) atoms. The molecule has 1 aliphatic rings. The summed E-state index contributed by atoms with van der Waals surface area (Å²) < 4.78 is 58.6. The van der Waals surface area contributed by atoms with Crippen LogP contribution in [0.4, 0.5) is 4.79 Å². The van der Waals surface area contributed by atoms with Gasteiger partial charge in [0.2, 0.25) is 29.5 Å². The SMILES string of the molecule is CC(C)(C)OC(=O)CC[C@H](NC(=O)N[C@@H](CCCCNC(=O)[C@H](Cc1ccccc1)NC(=O)COc1ccc(C[C@H](NC(=O)CNC(=O)CCC(C(=O)OC(C)(C)C)N2CCN(CC(=O)OC(C)(C)C)CCN(C(CCC(=O)NCCOCCOCCNC(=O)CCCc3ccc(I)cc3)C(=O)OC(C)(C)C)CCN(CC(=O)OC(C)(C)C)CC2)C(=O)O)cc1)C(=O)OC(C)(C)C)C(=O)OC(C)(C)C. The van der Waals surface area contributed by atoms with Gasteiger partial charge in [0.05, 0.1) is 46.1 Å². The van der Waals surface area contributed by atoms with E-state index >= 15 is 0 Å². The number of carbonyl (C=O) groups is 15. The maximum Gasteiger partial charge on any atom is 0.329 e. The number of hydrogen-bond acceptors (Lipinski definition) is 29. The summed E-state index contributed by atoms with van der Waals surface area (Å²) >= 11 is 2.26. The van der Waals surface area contributed by atoms with E-state index in [2.05, 4.69) is 77.3 Å². The van der Waals surface area contributed by atoms with Crippen molar-refractivity contribution < 1.29 is 124 Å². The molecule has 1 heterocycles. The number of carboxylic acids is 1. The third kappa shape index (κ3) is 56.7. The molecule has 38 nitrogen and oxygen atoms in total. The van der Waals surface area contributed by atoms with Crippen LogP contribution in [-0.2, 0) is 129 Å². The Kier molecular flexibility index (Phi) is 51.9. The summed E-state index contributed by atoms with van der Waals surface area (Å²) in [7, 11) is 0. The van der Waals surface area contributed by atoms with Crippen molar-refractivity contribution in [1.29, 1.82) is 0 Å². The van der Waals surface area contributed by atoms with Gasteiger partial charge in [0.25, 0.3) is 5.91 Å². The molecule has 1 saturated heterocycles. The molecule has 780 valence electrons. The first-order chi connectivity index (χ1) is 64.7. The van der Waals surface area contributed by atoms with Crippen LogP contribution in [0.2, 0.25) is 0 Å². The number of aryl methyl sites for hydroxylation is 1. The molecule has 39 heteroatoms. The molecule has 1 aliphatic heterocycles. The van der Waals surface area contributed by atoms with E-state index in [1.807, 2.05) is 26.8 Å². The summed E-state index contributed by atoms with van der Waals surface area (Å²) in [6.07, 6.45) is 1.41. The summed E-state index contributed by atoms with van der Waals surface area (Å²) in [5.74, 6) is -8.93. The van der Waals surface area contributed by atoms with Gasteiger partial charge in [-0.3, -0.25) is 72.3 Å². The average molecular weight is 2070 g/mol. The van der Waals surface area contributed by atoms with E-state index in [-0.39, 0.29) is 180 Å². The van der Waals surface area contributed by atoms with Gasteiger partial charge in [-0.05, 0) is 260 Å². The van der Waals surface area contributed by atoms with E-state index in [4.69, 9.17) is 47.4 Å². The second kappa shape index (κ2) is 59.5. The number of nitrogens with one attached hydrogen (secondary N) is 8. The van der Waals surface area contributed by atoms with Crippen LogP contribution in [0.25, 0.3) is 0 Å². The van der Waals surface area contributed by atoms with Gasteiger partial charge in [-0.2, -0.15) is 0 Å². The highest BCUT2D eigenvalue weighted by Crippen LogP contribution is 2.24. The molecule has 2 unspecified atom stereocenters. The Balaban J connectivity index is 1.42. The molecular formula is C100H157IN12O26. The predicted octanol–water partition coefficient (Wildman–Crippen LogP) is 7.93. The number of esters is 7. The Morgan fingerprint density at radius 3 is 1.22 bits per heavy atom. The van der Waals surface area contributed by atoms with Crippen LogP contribution >= 0.6 is 22.6 Å². The first-order valence-electron chi connectivity index (χ1n) is 47.9. The molecule has 9 N–H and O–H groups in total. The van der Waals surface area contributed by atoms with Crippen molar-refractivity contribution in [3.05, 3.63) is 99.1 Å². The van der Waals surface area contributed by atoms with Gasteiger partial charge in [-0.15, -0.1) is 0 Å². The van der Waals surface area contributed by atoms with Crippen LogP contribution in [0.15, 0.2) is 78.9 Å². The average Bonchev–Trinajstić information content (AvgIpc) is 0.842. The number of nitrogens with zero attached hydrogens (tertiary/aromatic N) is 4. The van der Waals surface area contributed by atoms with Crippen LogP contribution < -0.4 is 47.3 Å². The minimum Gasteiger partial charge on any atom is -0.484 e. The number of amides is 8. The van der Waals surface area contributed by atoms with E-state index in [1.54, 1.807) is 181 Å². The lowest BCUT2D eigenvalue weighted by Gasteiger charge is -2.38. The van der Waals surface area contributed by atoms with Gasteiger partial charge < -0.3 is 95.0 Å². The van der Waals surface area contributed by atoms with Crippen molar-refractivity contribution in [2.75, 3.05) is 125 Å². The number of urea groups is 1. The monoisotopic (exact) mass is 2070 g/mol. The number of aliphatic carboxylic acids is 1. The lowest BCUT2D eigenvalue weighted by molar-refractivity contribution is -0.164. The van der Waals surface area contributed by atoms with Crippen LogP contribution in [0.5, 0.6) is 5.75 Å². The number of ether oxygens (including phenoxy) is 10. The molecule has 0 aromatic heterocycles. The number of benzene rings is 3. The molecular weight excluding hydrogens is 1910 g/mol. The van der Waals surface area contributed by atoms with Crippen molar-refractivity contribution in [1.82, 2.24) is 62.1 Å². The van der Waals surface area contributed by atoms with Crippen LogP contribution in [0, 0.1) is 3.57 Å². The molecule has 6 atom stereocenters. The van der Waals surface area contributed by atoms with Crippen molar-refractivity contribution in [3.63, 3.8) is 0 Å². The largest absolute Gasteiger partial charge is 0.484 e. The van der Waals surface area contributed by atoms with Crippen LogP contribution in [-0.4, -0.2) is 314 Å². The fraction of sp³-hybridized carbons (Fsp3) is 0.670. The topological polar surface area (TPSA) is 478 Å². The van der Waals surface area contributed by atoms with E-state index in [0.29, 0.717) is 31.6 Å². The highest BCUT2D eigenvalue weighted by Gasteiger charge is 2.38. The highest BCUT2D eigenvalue weighted by molar-refractivity contribution is 14.1. The van der Waals surface area contributed by atoms with Gasteiger partial charge in [-0.1, -0.05) is 54.6 Å². The van der Waals surface area contributed by atoms with Gasteiger partial charge >= 0.3 is 53.8 Å². The molecule has 0 radical (unpaired) electrons. The second-order valence-corrected chi connectivity index (χ2v) is 42.5. The van der Waals surface area contributed by atoms with Crippen molar-refractivity contribution in [2.45, 2.75) is 311 Å². The zero-order valence-corrected chi connectivity index (χ0v) is 87.8. The Labute approximate surface area is 834 Å². The van der Waals surface area contributed by atoms with Crippen LogP contribution in [0.1, 0.15) is 233 Å². The fourth-order valence-electron chi connectivity index (χ4n) is 14.1. The number of hydrogen-bond donors (Lipinski definition) is 9. The molecule has 0 aliphatic carbocycles. The normalized spacial score (nSPS) is 15.0. The summed E-state index contributed by atoms with van der Waals surface area (Å²) in [5, 5.41) is 31.8. The maximum absolute atomic E-state index is 14.7. The number of unbranched alkanes of at least 4 members (excludes halogenated alkanes) is 1. The van der Waals surface area contributed by atoms with Gasteiger partial charge in [0.15, 0.2) is 6.61 Å². The van der Waals surface area contributed by atoms with E-state index in [1.165, 1.54) is 29.8 Å². The highest BCUT2D eigenvalue weighted by atomic mass is 127. The number of halogens is 1. The Bertz CT molecular complexity index is 4350. The van der Waals surface area contributed by atoms with Crippen molar-refractivity contribution in [2.24, 2.45) is 0 Å². The number of carbonyl (C=O) groups excluding carboxylic acids is 14. The second-order valence-electron chi connectivity index (χ2n) is 41.3. The molecule has 0 spiro atoms. The van der Waals surface area contributed by atoms with Crippen molar-refractivity contribution >= 4 is 112 Å². The molecule has 3 aromatic carbocycles. The summed E-state index contributed by atoms with van der Waals surface area (Å²) in [6.45, 7) is 36.4. The lowest BCUT2D eigenvalue weighted by atomic mass is 10.0. The minimum atomic E-state index is -1.50. The quantitative estimate of drug-likeness (QED) is 0.0112. The van der Waals surface area contributed by atoms with E-state index in [0.717, 1.165) is 22.0 Å². The maximum atomic E-state index is 14.7. The Hall–Kier alpha value is -10.2. The smallest absolute Gasteiger partial charge is 0.329 e. The van der Waals surface area contributed by atoms with Gasteiger partial charge in [-0.25, -0.2) is 19.2 Å². The zero-order chi connectivity index (χ0) is 104. The molecule has 1 fully saturated rings. The van der Waals surface area contributed by atoms with Crippen LogP contribution in [0.3, 0.4) is 0 Å². The lowest BCUT2D eigenvalue weighted by Crippen LogP contribution is -2.54. The van der Waals surface area contributed by atoms with Gasteiger partial charge in [0.1, 0.15) is 81.2 Å².